The fraction of sp³-hybridized carbons (Fsp3) is 0.176. The van der Waals surface area contributed by atoms with Crippen molar-refractivity contribution in [2.75, 3.05) is 11.9 Å². The van der Waals surface area contributed by atoms with Crippen molar-refractivity contribution in [3.63, 3.8) is 0 Å². The highest BCUT2D eigenvalue weighted by Crippen LogP contribution is 2.30. The Morgan fingerprint density at radius 3 is 2.77 bits per heavy atom. The number of fused-ring (bicyclic) bond motifs is 1. The van der Waals surface area contributed by atoms with Gasteiger partial charge >= 0.3 is 0 Å². The number of Topliss-reactive ketones (excluding diaryl/α,β-unsaturated/α-hetero) is 1. The maximum atomic E-state index is 12.0. The lowest BCUT2D eigenvalue weighted by Gasteiger charge is -2.11. The van der Waals surface area contributed by atoms with Crippen LogP contribution in [-0.4, -0.2) is 18.3 Å². The van der Waals surface area contributed by atoms with E-state index in [1.807, 2.05) is 18.2 Å². The van der Waals surface area contributed by atoms with E-state index < -0.39 is 0 Å². The SMILES string of the molecule is O=C(COc1cccc2c1CCC2=O)Nc1ccccc1Br. The monoisotopic (exact) mass is 359 g/mol. The molecule has 0 saturated heterocycles. The van der Waals surface area contributed by atoms with Gasteiger partial charge in [-0.1, -0.05) is 24.3 Å². The Bertz CT molecular complexity index is 742. The van der Waals surface area contributed by atoms with Crippen molar-refractivity contribution in [2.45, 2.75) is 12.8 Å². The van der Waals surface area contributed by atoms with Crippen LogP contribution in [0.5, 0.6) is 5.75 Å². The molecule has 0 heterocycles. The molecule has 22 heavy (non-hydrogen) atoms. The van der Waals surface area contributed by atoms with Gasteiger partial charge in [0.1, 0.15) is 5.75 Å². The standard InChI is InChI=1S/C17H14BrNO3/c18-13-5-1-2-6-14(13)19-17(21)10-22-16-7-3-4-11-12(16)8-9-15(11)20/h1-7H,8-10H2,(H,19,21). The van der Waals surface area contributed by atoms with Crippen LogP contribution < -0.4 is 10.1 Å². The van der Waals surface area contributed by atoms with E-state index in [2.05, 4.69) is 21.2 Å². The largest absolute Gasteiger partial charge is 0.483 e. The highest BCUT2D eigenvalue weighted by molar-refractivity contribution is 9.10. The lowest BCUT2D eigenvalue weighted by Crippen LogP contribution is -2.20. The number of carbonyl (C=O) groups excluding carboxylic acids is 2. The van der Waals surface area contributed by atoms with E-state index in [0.717, 1.165) is 10.0 Å². The number of anilines is 1. The summed E-state index contributed by atoms with van der Waals surface area (Å²) in [6, 6.07) is 12.8. The summed E-state index contributed by atoms with van der Waals surface area (Å²) in [5, 5.41) is 2.78. The van der Waals surface area contributed by atoms with Crippen molar-refractivity contribution in [3.05, 3.63) is 58.1 Å². The van der Waals surface area contributed by atoms with E-state index in [1.54, 1.807) is 24.3 Å². The van der Waals surface area contributed by atoms with Gasteiger partial charge in [0.25, 0.3) is 5.91 Å². The van der Waals surface area contributed by atoms with E-state index in [-0.39, 0.29) is 18.3 Å². The van der Waals surface area contributed by atoms with Crippen LogP contribution in [0.25, 0.3) is 0 Å². The lowest BCUT2D eigenvalue weighted by atomic mass is 10.1. The van der Waals surface area contributed by atoms with Gasteiger partial charge in [-0.25, -0.2) is 0 Å². The number of halogens is 1. The van der Waals surface area contributed by atoms with Gasteiger partial charge in [0.05, 0.1) is 5.69 Å². The van der Waals surface area contributed by atoms with Crippen LogP contribution >= 0.6 is 15.9 Å². The molecule has 0 spiro atoms. The molecular formula is C17H14BrNO3. The molecule has 4 nitrogen and oxygen atoms in total. The third kappa shape index (κ3) is 3.04. The average Bonchev–Trinajstić information content (AvgIpc) is 2.90. The van der Waals surface area contributed by atoms with Gasteiger partial charge in [0.2, 0.25) is 0 Å². The van der Waals surface area contributed by atoms with Crippen LogP contribution in [0.4, 0.5) is 5.69 Å². The number of para-hydroxylation sites is 1. The molecule has 0 atom stereocenters. The number of hydrogen-bond donors (Lipinski definition) is 1. The summed E-state index contributed by atoms with van der Waals surface area (Å²) in [6.45, 7) is -0.0913. The van der Waals surface area contributed by atoms with E-state index in [4.69, 9.17) is 4.74 Å². The molecule has 0 bridgehead atoms. The molecule has 2 aromatic carbocycles. The third-order valence-electron chi connectivity index (χ3n) is 3.54. The molecule has 1 N–H and O–H groups in total. The molecule has 0 aliphatic heterocycles. The number of ketones is 1. The molecular weight excluding hydrogens is 346 g/mol. The second-order valence-corrected chi connectivity index (χ2v) is 5.88. The Kier molecular flexibility index (Phi) is 4.24. The molecule has 5 heteroatoms. The Hall–Kier alpha value is -2.14. The minimum Gasteiger partial charge on any atom is -0.483 e. The topological polar surface area (TPSA) is 55.4 Å². The van der Waals surface area contributed by atoms with Crippen LogP contribution in [-0.2, 0) is 11.2 Å². The minimum absolute atomic E-state index is 0.0913. The second kappa shape index (κ2) is 6.32. The molecule has 1 amide bonds. The number of benzene rings is 2. The zero-order valence-electron chi connectivity index (χ0n) is 11.8. The zero-order valence-corrected chi connectivity index (χ0v) is 13.4. The first-order valence-corrected chi connectivity index (χ1v) is 7.77. The molecule has 3 rings (SSSR count). The van der Waals surface area contributed by atoms with Gasteiger partial charge in [0, 0.05) is 22.0 Å². The van der Waals surface area contributed by atoms with Crippen LogP contribution in [0, 0.1) is 0 Å². The van der Waals surface area contributed by atoms with Crippen LogP contribution in [0.3, 0.4) is 0 Å². The first-order chi connectivity index (χ1) is 10.6. The second-order valence-electron chi connectivity index (χ2n) is 5.02. The van der Waals surface area contributed by atoms with Crippen molar-refractivity contribution in [2.24, 2.45) is 0 Å². The summed E-state index contributed by atoms with van der Waals surface area (Å²) < 4.78 is 6.41. The van der Waals surface area contributed by atoms with Crippen LogP contribution in [0.15, 0.2) is 46.9 Å². The fourth-order valence-corrected chi connectivity index (χ4v) is 2.87. The minimum atomic E-state index is -0.242. The summed E-state index contributed by atoms with van der Waals surface area (Å²) >= 11 is 3.37. The maximum absolute atomic E-state index is 12.0. The molecule has 0 unspecified atom stereocenters. The van der Waals surface area contributed by atoms with Gasteiger partial charge in [-0.05, 0) is 40.5 Å². The highest BCUT2D eigenvalue weighted by Gasteiger charge is 2.22. The predicted molar refractivity (Wildman–Crippen MR) is 87.4 cm³/mol. The molecule has 0 radical (unpaired) electrons. The van der Waals surface area contributed by atoms with Crippen molar-refractivity contribution in [1.29, 1.82) is 0 Å². The Balaban J connectivity index is 1.65. The van der Waals surface area contributed by atoms with Crippen LogP contribution in [0.2, 0.25) is 0 Å². The smallest absolute Gasteiger partial charge is 0.262 e. The molecule has 112 valence electrons. The third-order valence-corrected chi connectivity index (χ3v) is 4.23. The van der Waals surface area contributed by atoms with Gasteiger partial charge in [-0.15, -0.1) is 0 Å². The zero-order chi connectivity index (χ0) is 15.5. The number of nitrogens with one attached hydrogen (secondary N) is 1. The maximum Gasteiger partial charge on any atom is 0.262 e. The Labute approximate surface area is 136 Å². The first kappa shape index (κ1) is 14.8. The van der Waals surface area contributed by atoms with E-state index in [9.17, 15) is 9.59 Å². The summed E-state index contributed by atoms with van der Waals surface area (Å²) in [5.74, 6) is 0.512. The first-order valence-electron chi connectivity index (χ1n) is 6.97. The molecule has 2 aromatic rings. The quantitative estimate of drug-likeness (QED) is 0.907. The van der Waals surface area contributed by atoms with Crippen molar-refractivity contribution in [3.8, 4) is 5.75 Å². The predicted octanol–water partition coefficient (Wildman–Crippen LogP) is 3.60. The summed E-state index contributed by atoms with van der Waals surface area (Å²) in [6.07, 6.45) is 1.19. The van der Waals surface area contributed by atoms with Crippen LogP contribution in [0.1, 0.15) is 22.3 Å². The average molecular weight is 360 g/mol. The molecule has 0 aromatic heterocycles. The molecule has 1 aliphatic carbocycles. The van der Waals surface area contributed by atoms with E-state index >= 15 is 0 Å². The fourth-order valence-electron chi connectivity index (χ4n) is 2.49. The summed E-state index contributed by atoms with van der Waals surface area (Å²) in [7, 11) is 0. The van der Waals surface area contributed by atoms with Crippen molar-refractivity contribution >= 4 is 33.3 Å². The summed E-state index contributed by atoms with van der Waals surface area (Å²) in [4.78, 5) is 23.7. The molecule has 1 aliphatic rings. The normalized spacial score (nSPS) is 12.9. The van der Waals surface area contributed by atoms with E-state index in [1.165, 1.54) is 0 Å². The Morgan fingerprint density at radius 1 is 1.14 bits per heavy atom. The van der Waals surface area contributed by atoms with Crippen molar-refractivity contribution < 1.29 is 14.3 Å². The van der Waals surface area contributed by atoms with Crippen molar-refractivity contribution in [1.82, 2.24) is 0 Å². The summed E-state index contributed by atoms with van der Waals surface area (Å²) in [5.41, 5.74) is 2.31. The van der Waals surface area contributed by atoms with Gasteiger partial charge in [-0.3, -0.25) is 9.59 Å². The number of rotatable bonds is 4. The van der Waals surface area contributed by atoms with Gasteiger partial charge in [-0.2, -0.15) is 0 Å². The molecule has 0 saturated carbocycles. The molecule has 0 fully saturated rings. The number of hydrogen-bond acceptors (Lipinski definition) is 3. The van der Waals surface area contributed by atoms with Gasteiger partial charge in [0.15, 0.2) is 12.4 Å². The number of ether oxygens (including phenoxy) is 1. The highest BCUT2D eigenvalue weighted by atomic mass is 79.9. The Morgan fingerprint density at radius 2 is 1.95 bits per heavy atom. The van der Waals surface area contributed by atoms with E-state index in [0.29, 0.717) is 29.8 Å². The number of carbonyl (C=O) groups is 2. The lowest BCUT2D eigenvalue weighted by molar-refractivity contribution is -0.118. The number of amides is 1. The van der Waals surface area contributed by atoms with Gasteiger partial charge < -0.3 is 10.1 Å².